The molecule has 0 aliphatic carbocycles. The van der Waals surface area contributed by atoms with Gasteiger partial charge in [-0.2, -0.15) is 0 Å². The largest absolute Gasteiger partial charge is 0.466 e. The number of carbonyl (C=O) groups is 1. The molecule has 22 heavy (non-hydrogen) atoms. The Hall–Kier alpha value is -2.08. The van der Waals surface area contributed by atoms with Gasteiger partial charge in [0.2, 0.25) is 0 Å². The minimum absolute atomic E-state index is 0.0880. The molecule has 2 rings (SSSR count). The van der Waals surface area contributed by atoms with Crippen molar-refractivity contribution in [1.29, 1.82) is 0 Å². The summed E-state index contributed by atoms with van der Waals surface area (Å²) in [6.45, 7) is 2.68. The van der Waals surface area contributed by atoms with Crippen LogP contribution in [0.25, 0.3) is 10.4 Å². The van der Waals surface area contributed by atoms with Crippen molar-refractivity contribution in [2.45, 2.75) is 38.2 Å². The van der Waals surface area contributed by atoms with Crippen molar-refractivity contribution in [2.75, 3.05) is 13.2 Å². The summed E-state index contributed by atoms with van der Waals surface area (Å²) in [7, 11) is 0. The molecule has 7 nitrogen and oxygen atoms in total. The second-order valence-corrected chi connectivity index (χ2v) is 4.91. The highest BCUT2D eigenvalue weighted by Gasteiger charge is 2.39. The van der Waals surface area contributed by atoms with Crippen LogP contribution in [0.2, 0.25) is 0 Å². The molecule has 1 aliphatic heterocycles. The molecule has 1 aromatic rings. The third kappa shape index (κ3) is 4.46. The summed E-state index contributed by atoms with van der Waals surface area (Å²) in [6, 6.07) is 9.22. The highest BCUT2D eigenvalue weighted by Crippen LogP contribution is 2.25. The third-order valence-electron chi connectivity index (χ3n) is 3.39. The fourth-order valence-corrected chi connectivity index (χ4v) is 2.37. The quantitative estimate of drug-likeness (QED) is 0.335. The Balaban J connectivity index is 1.99. The lowest BCUT2D eigenvalue weighted by atomic mass is 10.1. The van der Waals surface area contributed by atoms with Gasteiger partial charge in [0.25, 0.3) is 0 Å². The van der Waals surface area contributed by atoms with Gasteiger partial charge in [0, 0.05) is 4.91 Å². The Morgan fingerprint density at radius 3 is 2.91 bits per heavy atom. The molecular weight excluding hydrogens is 286 g/mol. The van der Waals surface area contributed by atoms with E-state index >= 15 is 0 Å². The van der Waals surface area contributed by atoms with E-state index in [0.717, 1.165) is 5.56 Å². The second-order valence-electron chi connectivity index (χ2n) is 4.91. The Kier molecular flexibility index (Phi) is 6.21. The summed E-state index contributed by atoms with van der Waals surface area (Å²) in [6.07, 6.45) is -0.830. The first kappa shape index (κ1) is 16.3. The van der Waals surface area contributed by atoms with Crippen LogP contribution < -0.4 is 0 Å². The number of hydrogen-bond donors (Lipinski definition) is 0. The molecule has 118 valence electrons. The molecule has 7 heteroatoms. The average molecular weight is 305 g/mol. The van der Waals surface area contributed by atoms with Crippen molar-refractivity contribution in [3.8, 4) is 0 Å². The molecule has 1 fully saturated rings. The first-order valence-electron chi connectivity index (χ1n) is 7.21. The van der Waals surface area contributed by atoms with Crippen LogP contribution in [0, 0.1) is 0 Å². The maximum absolute atomic E-state index is 11.6. The molecule has 0 aromatic heterocycles. The van der Waals surface area contributed by atoms with Crippen LogP contribution in [0.3, 0.4) is 0 Å². The van der Waals surface area contributed by atoms with Crippen LogP contribution in [0.1, 0.15) is 18.9 Å². The van der Waals surface area contributed by atoms with Crippen molar-refractivity contribution >= 4 is 5.97 Å². The molecule has 1 aliphatic rings. The Labute approximate surface area is 128 Å². The van der Waals surface area contributed by atoms with Gasteiger partial charge in [0.1, 0.15) is 0 Å². The van der Waals surface area contributed by atoms with Gasteiger partial charge in [-0.25, -0.2) is 0 Å². The monoisotopic (exact) mass is 305 g/mol. The van der Waals surface area contributed by atoms with Crippen LogP contribution in [0.4, 0.5) is 0 Å². The first-order chi connectivity index (χ1) is 10.7. The molecule has 0 spiro atoms. The zero-order valence-corrected chi connectivity index (χ0v) is 12.4. The predicted octanol–water partition coefficient (Wildman–Crippen LogP) is 2.60. The van der Waals surface area contributed by atoms with Gasteiger partial charge in [-0.3, -0.25) is 4.79 Å². The van der Waals surface area contributed by atoms with E-state index in [1.54, 1.807) is 6.92 Å². The van der Waals surface area contributed by atoms with E-state index in [1.165, 1.54) is 0 Å². The average Bonchev–Trinajstić information content (AvgIpc) is 2.89. The van der Waals surface area contributed by atoms with Gasteiger partial charge in [0.05, 0.1) is 44.5 Å². The highest BCUT2D eigenvalue weighted by molar-refractivity contribution is 5.70. The van der Waals surface area contributed by atoms with Crippen molar-refractivity contribution < 1.29 is 19.0 Å². The molecule has 0 bridgehead atoms. The van der Waals surface area contributed by atoms with E-state index in [9.17, 15) is 4.79 Å². The van der Waals surface area contributed by atoms with Crippen LogP contribution in [0.5, 0.6) is 0 Å². The first-order valence-corrected chi connectivity index (χ1v) is 7.21. The van der Waals surface area contributed by atoms with Crippen LogP contribution in [-0.2, 0) is 25.6 Å². The van der Waals surface area contributed by atoms with E-state index in [0.29, 0.717) is 13.2 Å². The van der Waals surface area contributed by atoms with Gasteiger partial charge >= 0.3 is 5.97 Å². The lowest BCUT2D eigenvalue weighted by Gasteiger charge is -2.21. The summed E-state index contributed by atoms with van der Waals surface area (Å²) in [5.74, 6) is -0.345. The SMILES string of the molecule is CCOC(=O)C[C@@H]1OC[C@H](N=[N+]=[N-])[C@H]1OCc1ccccc1. The number of carbonyl (C=O) groups excluding carboxylic acids is 1. The van der Waals surface area contributed by atoms with Crippen LogP contribution in [-0.4, -0.2) is 37.4 Å². The molecule has 0 amide bonds. The number of esters is 1. The van der Waals surface area contributed by atoms with E-state index in [4.69, 9.17) is 19.7 Å². The van der Waals surface area contributed by atoms with E-state index in [1.807, 2.05) is 30.3 Å². The van der Waals surface area contributed by atoms with Crippen molar-refractivity contribution in [1.82, 2.24) is 0 Å². The maximum atomic E-state index is 11.6. The summed E-state index contributed by atoms with van der Waals surface area (Å²) in [5.41, 5.74) is 9.64. The lowest BCUT2D eigenvalue weighted by Crippen LogP contribution is -2.34. The summed E-state index contributed by atoms with van der Waals surface area (Å²) in [4.78, 5) is 14.4. The number of rotatable bonds is 7. The highest BCUT2D eigenvalue weighted by atomic mass is 16.6. The molecule has 3 atom stereocenters. The minimum Gasteiger partial charge on any atom is -0.466 e. The number of ether oxygens (including phenoxy) is 3. The zero-order valence-electron chi connectivity index (χ0n) is 12.4. The number of hydrogen-bond acceptors (Lipinski definition) is 5. The minimum atomic E-state index is -0.460. The van der Waals surface area contributed by atoms with Crippen molar-refractivity contribution in [3.63, 3.8) is 0 Å². The number of benzene rings is 1. The Morgan fingerprint density at radius 2 is 2.23 bits per heavy atom. The maximum Gasteiger partial charge on any atom is 0.308 e. The number of nitrogens with zero attached hydrogens (tertiary/aromatic N) is 3. The van der Waals surface area contributed by atoms with Crippen LogP contribution in [0.15, 0.2) is 35.4 Å². The summed E-state index contributed by atoms with van der Waals surface area (Å²) < 4.78 is 16.3. The third-order valence-corrected chi connectivity index (χ3v) is 3.39. The summed E-state index contributed by atoms with van der Waals surface area (Å²) >= 11 is 0. The van der Waals surface area contributed by atoms with Gasteiger partial charge in [0.15, 0.2) is 0 Å². The van der Waals surface area contributed by atoms with Gasteiger partial charge in [-0.05, 0) is 18.0 Å². The molecule has 1 heterocycles. The molecule has 0 unspecified atom stereocenters. The van der Waals surface area contributed by atoms with E-state index in [-0.39, 0.29) is 19.0 Å². The number of azide groups is 1. The van der Waals surface area contributed by atoms with Crippen molar-refractivity contribution in [2.24, 2.45) is 5.11 Å². The lowest BCUT2D eigenvalue weighted by molar-refractivity contribution is -0.147. The summed E-state index contributed by atoms with van der Waals surface area (Å²) in [5, 5.41) is 3.70. The molecular formula is C15H19N3O4. The second kappa shape index (κ2) is 8.38. The Morgan fingerprint density at radius 1 is 1.45 bits per heavy atom. The smallest absolute Gasteiger partial charge is 0.308 e. The molecule has 0 saturated carbocycles. The van der Waals surface area contributed by atoms with Crippen molar-refractivity contribution in [3.05, 3.63) is 46.3 Å². The van der Waals surface area contributed by atoms with E-state index in [2.05, 4.69) is 10.0 Å². The standard InChI is InChI=1S/C15H19N3O4/c1-2-20-14(19)8-13-15(12(10-21-13)17-18-16)22-9-11-6-4-3-5-7-11/h3-7,12-13,15H,2,8-10H2,1H3/t12-,13-,15+/m0/s1. The molecule has 1 aromatic carbocycles. The fraction of sp³-hybridized carbons (Fsp3) is 0.533. The molecule has 1 saturated heterocycles. The van der Waals surface area contributed by atoms with Gasteiger partial charge in [-0.1, -0.05) is 35.4 Å². The normalized spacial score (nSPS) is 23.8. The Bertz CT molecular complexity index is 531. The predicted molar refractivity (Wildman–Crippen MR) is 78.9 cm³/mol. The van der Waals surface area contributed by atoms with Gasteiger partial charge in [-0.15, -0.1) is 0 Å². The molecule has 0 radical (unpaired) electrons. The van der Waals surface area contributed by atoms with E-state index < -0.39 is 18.2 Å². The molecule has 0 N–H and O–H groups in total. The fourth-order valence-electron chi connectivity index (χ4n) is 2.37. The zero-order chi connectivity index (χ0) is 15.8. The van der Waals surface area contributed by atoms with Gasteiger partial charge < -0.3 is 14.2 Å². The topological polar surface area (TPSA) is 93.5 Å². The van der Waals surface area contributed by atoms with Crippen LogP contribution >= 0.6 is 0 Å².